The third kappa shape index (κ3) is 1.64. The van der Waals surface area contributed by atoms with Gasteiger partial charge in [-0.2, -0.15) is 0 Å². The summed E-state index contributed by atoms with van der Waals surface area (Å²) in [7, 11) is 0. The normalized spacial score (nSPS) is 37.9. The average Bonchev–Trinajstić information content (AvgIpc) is 2.03. The Bertz CT molecular complexity index is 151. The number of ether oxygens (including phenoxy) is 1. The van der Waals surface area contributed by atoms with E-state index in [4.69, 9.17) is 27.9 Å². The maximum Gasteiger partial charge on any atom is 0.162 e. The molecule has 0 spiro atoms. The van der Waals surface area contributed by atoms with Crippen LogP contribution in [0, 0.1) is 0 Å². The Hall–Kier alpha value is 0.500. The highest BCUT2D eigenvalue weighted by molar-refractivity contribution is 6.29. The van der Waals surface area contributed by atoms with E-state index in [9.17, 15) is 0 Å². The van der Waals surface area contributed by atoms with E-state index >= 15 is 0 Å². The molecule has 0 aliphatic carbocycles. The number of halogens is 2. The second kappa shape index (κ2) is 3.09. The molecular weight excluding hydrogens is 185 g/mol. The molecule has 1 rings (SSSR count). The van der Waals surface area contributed by atoms with E-state index in [1.807, 2.05) is 25.7 Å². The monoisotopic (exact) mass is 197 g/mol. The highest BCUT2D eigenvalue weighted by Gasteiger charge is 2.44. The second-order valence-corrected chi connectivity index (χ2v) is 3.95. The summed E-state index contributed by atoms with van der Waals surface area (Å²) < 4.78 is 5.42. The van der Waals surface area contributed by atoms with Crippen LogP contribution in [0.25, 0.3) is 0 Å². The first-order valence-corrected chi connectivity index (χ1v) is 4.59. The molecular formula is C7H13Cl2NO. The van der Waals surface area contributed by atoms with Gasteiger partial charge in [0.05, 0.1) is 0 Å². The lowest BCUT2D eigenvalue weighted by atomic mass is 10.3. The van der Waals surface area contributed by atoms with E-state index in [0.717, 1.165) is 6.54 Å². The summed E-state index contributed by atoms with van der Waals surface area (Å²) in [6.45, 7) is 6.82. The smallest absolute Gasteiger partial charge is 0.162 e. The molecule has 0 radical (unpaired) electrons. The summed E-state index contributed by atoms with van der Waals surface area (Å²) >= 11 is 11.8. The van der Waals surface area contributed by atoms with Gasteiger partial charge in [0, 0.05) is 0 Å². The molecule has 0 saturated carbocycles. The van der Waals surface area contributed by atoms with Crippen LogP contribution in [-0.2, 0) is 4.74 Å². The first kappa shape index (κ1) is 9.59. The van der Waals surface area contributed by atoms with Gasteiger partial charge >= 0.3 is 0 Å². The Kier molecular flexibility index (Phi) is 2.70. The highest BCUT2D eigenvalue weighted by atomic mass is 35.5. The number of nitrogens with zero attached hydrogens (tertiary/aromatic N) is 1. The van der Waals surface area contributed by atoms with Crippen molar-refractivity contribution in [3.8, 4) is 0 Å². The predicted octanol–water partition coefficient (Wildman–Crippen LogP) is 2.20. The molecule has 1 aliphatic rings. The van der Waals surface area contributed by atoms with E-state index in [2.05, 4.69) is 0 Å². The Morgan fingerprint density at radius 3 is 2.18 bits per heavy atom. The lowest BCUT2D eigenvalue weighted by molar-refractivity contribution is -0.0570. The van der Waals surface area contributed by atoms with Crippen molar-refractivity contribution < 1.29 is 4.74 Å². The van der Waals surface area contributed by atoms with Crippen LogP contribution >= 0.6 is 23.2 Å². The number of rotatable bonds is 1. The Morgan fingerprint density at radius 1 is 1.45 bits per heavy atom. The largest absolute Gasteiger partial charge is 0.339 e. The van der Waals surface area contributed by atoms with Gasteiger partial charge in [0.25, 0.3) is 0 Å². The number of hydrogen-bond donors (Lipinski definition) is 0. The zero-order valence-corrected chi connectivity index (χ0v) is 8.49. The molecule has 2 nitrogen and oxygen atoms in total. The lowest BCUT2D eigenvalue weighted by Gasteiger charge is -2.29. The molecule has 1 heterocycles. The fraction of sp³-hybridized carbons (Fsp3) is 1.00. The SMILES string of the molecule is CCN1C(Cl)C(Cl)OC1(C)C. The Labute approximate surface area is 77.4 Å². The summed E-state index contributed by atoms with van der Waals surface area (Å²) in [5, 5.41) is 0. The van der Waals surface area contributed by atoms with Gasteiger partial charge in [-0.1, -0.05) is 18.5 Å². The van der Waals surface area contributed by atoms with Gasteiger partial charge in [-0.05, 0) is 20.4 Å². The molecule has 4 heteroatoms. The maximum absolute atomic E-state index is 5.98. The van der Waals surface area contributed by atoms with Crippen molar-refractivity contribution in [2.75, 3.05) is 6.54 Å². The van der Waals surface area contributed by atoms with Crippen LogP contribution in [0.5, 0.6) is 0 Å². The van der Waals surface area contributed by atoms with E-state index in [0.29, 0.717) is 0 Å². The quantitative estimate of drug-likeness (QED) is 0.473. The van der Waals surface area contributed by atoms with Crippen LogP contribution in [0.1, 0.15) is 20.8 Å². The Balaban J connectivity index is 2.73. The Morgan fingerprint density at radius 2 is 2.00 bits per heavy atom. The second-order valence-electron chi connectivity index (χ2n) is 3.07. The standard InChI is InChI=1S/C7H13Cl2NO/c1-4-10-5(8)6(9)11-7(10,2)3/h5-6H,4H2,1-3H3. The highest BCUT2D eigenvalue weighted by Crippen LogP contribution is 2.35. The van der Waals surface area contributed by atoms with Crippen LogP contribution in [0.4, 0.5) is 0 Å². The van der Waals surface area contributed by atoms with Gasteiger partial charge in [-0.25, -0.2) is 0 Å². The molecule has 0 aromatic carbocycles. The van der Waals surface area contributed by atoms with Crippen LogP contribution in [0.15, 0.2) is 0 Å². The fourth-order valence-electron chi connectivity index (χ4n) is 1.39. The lowest BCUT2D eigenvalue weighted by Crippen LogP contribution is -2.41. The molecule has 0 N–H and O–H groups in total. The van der Waals surface area contributed by atoms with E-state index in [1.54, 1.807) is 0 Å². The summed E-state index contributed by atoms with van der Waals surface area (Å²) in [5.74, 6) is 0. The summed E-state index contributed by atoms with van der Waals surface area (Å²) in [6, 6.07) is 0. The van der Waals surface area contributed by atoms with Crippen LogP contribution < -0.4 is 0 Å². The zero-order chi connectivity index (χ0) is 8.65. The average molecular weight is 198 g/mol. The van der Waals surface area contributed by atoms with Gasteiger partial charge in [-0.15, -0.1) is 11.6 Å². The van der Waals surface area contributed by atoms with Crippen molar-refractivity contribution >= 4 is 23.2 Å². The van der Waals surface area contributed by atoms with Crippen molar-refractivity contribution in [1.82, 2.24) is 4.90 Å². The van der Waals surface area contributed by atoms with Crippen molar-refractivity contribution in [3.05, 3.63) is 0 Å². The molecule has 1 fully saturated rings. The van der Waals surface area contributed by atoms with Crippen LogP contribution in [0.2, 0.25) is 0 Å². The summed E-state index contributed by atoms with van der Waals surface area (Å²) in [6.07, 6.45) is 0. The number of likely N-dealkylation sites (N-methyl/N-ethyl adjacent to an activating group) is 1. The van der Waals surface area contributed by atoms with Crippen LogP contribution in [-0.4, -0.2) is 28.2 Å². The van der Waals surface area contributed by atoms with Gasteiger partial charge in [0.1, 0.15) is 11.2 Å². The zero-order valence-electron chi connectivity index (χ0n) is 6.97. The predicted molar refractivity (Wildman–Crippen MR) is 46.8 cm³/mol. The molecule has 0 aromatic heterocycles. The van der Waals surface area contributed by atoms with Crippen molar-refractivity contribution in [2.45, 2.75) is 37.6 Å². The minimum atomic E-state index is -0.397. The maximum atomic E-state index is 5.98. The minimum Gasteiger partial charge on any atom is -0.339 e. The molecule has 66 valence electrons. The van der Waals surface area contributed by atoms with E-state index in [1.165, 1.54) is 0 Å². The molecule has 0 amide bonds. The van der Waals surface area contributed by atoms with Gasteiger partial charge in [0.15, 0.2) is 5.56 Å². The first-order chi connectivity index (χ1) is 4.99. The van der Waals surface area contributed by atoms with Gasteiger partial charge in [-0.3, -0.25) is 4.90 Å². The van der Waals surface area contributed by atoms with Gasteiger partial charge < -0.3 is 4.74 Å². The molecule has 2 atom stereocenters. The number of hydrogen-bond acceptors (Lipinski definition) is 2. The third-order valence-electron chi connectivity index (χ3n) is 1.95. The topological polar surface area (TPSA) is 12.5 Å². The van der Waals surface area contributed by atoms with E-state index in [-0.39, 0.29) is 11.2 Å². The first-order valence-electron chi connectivity index (χ1n) is 3.71. The fourth-order valence-corrected chi connectivity index (χ4v) is 2.17. The molecule has 2 unspecified atom stereocenters. The summed E-state index contributed by atoms with van der Waals surface area (Å²) in [4.78, 5) is 2.02. The molecule has 11 heavy (non-hydrogen) atoms. The number of alkyl halides is 2. The molecule has 0 bridgehead atoms. The van der Waals surface area contributed by atoms with E-state index < -0.39 is 5.56 Å². The van der Waals surface area contributed by atoms with Crippen molar-refractivity contribution in [2.24, 2.45) is 0 Å². The molecule has 1 aliphatic heterocycles. The van der Waals surface area contributed by atoms with Crippen molar-refractivity contribution in [3.63, 3.8) is 0 Å². The van der Waals surface area contributed by atoms with Crippen molar-refractivity contribution in [1.29, 1.82) is 0 Å². The third-order valence-corrected chi connectivity index (χ3v) is 2.87. The molecule has 0 aromatic rings. The minimum absolute atomic E-state index is 0.211. The van der Waals surface area contributed by atoms with Crippen LogP contribution in [0.3, 0.4) is 0 Å². The van der Waals surface area contributed by atoms with Gasteiger partial charge in [0.2, 0.25) is 0 Å². The molecule has 1 saturated heterocycles. The summed E-state index contributed by atoms with van der Waals surface area (Å²) in [5.41, 5.74) is -0.934.